The second-order valence-corrected chi connectivity index (χ2v) is 11.8. The lowest BCUT2D eigenvalue weighted by atomic mass is 9.51. The van der Waals surface area contributed by atoms with Crippen molar-refractivity contribution in [2.75, 3.05) is 18.6 Å². The monoisotopic (exact) mass is 572 g/mol. The van der Waals surface area contributed by atoms with Gasteiger partial charge < -0.3 is 14.9 Å². The van der Waals surface area contributed by atoms with E-state index in [2.05, 4.69) is 0 Å². The molecule has 4 amide bonds. The third kappa shape index (κ3) is 3.95. The number of imide groups is 2. The lowest BCUT2D eigenvalue weighted by Crippen LogP contribution is -2.48. The molecule has 2 aliphatic carbocycles. The Kier molecular flexibility index (Phi) is 6.67. The summed E-state index contributed by atoms with van der Waals surface area (Å²) < 4.78 is 5.24. The Bertz CT molecular complexity index is 1530. The molecule has 2 aliphatic heterocycles. The summed E-state index contributed by atoms with van der Waals surface area (Å²) >= 11 is 0. The largest absolute Gasteiger partial charge is 0.504 e. The first-order valence-corrected chi connectivity index (χ1v) is 14.2. The van der Waals surface area contributed by atoms with Crippen molar-refractivity contribution < 1.29 is 38.9 Å². The number of fused-ring (bicyclic) bond motifs is 4. The molecule has 2 heterocycles. The van der Waals surface area contributed by atoms with E-state index in [1.807, 2.05) is 6.08 Å². The fourth-order valence-corrected chi connectivity index (χ4v) is 7.78. The molecule has 1 saturated carbocycles. The van der Waals surface area contributed by atoms with Crippen LogP contribution in [0.15, 0.2) is 60.2 Å². The number of ether oxygens (including phenoxy) is 1. The first-order valence-electron chi connectivity index (χ1n) is 14.2. The predicted molar refractivity (Wildman–Crippen MR) is 149 cm³/mol. The molecule has 10 nitrogen and oxygen atoms in total. The fourth-order valence-electron chi connectivity index (χ4n) is 7.78. The number of phenolic OH excluding ortho intramolecular Hbond substituents is 1. The van der Waals surface area contributed by atoms with Crippen LogP contribution in [0, 0.1) is 29.1 Å². The van der Waals surface area contributed by atoms with Gasteiger partial charge in [-0.05, 0) is 61.9 Å². The van der Waals surface area contributed by atoms with Gasteiger partial charge >= 0.3 is 5.97 Å². The van der Waals surface area contributed by atoms with Crippen LogP contribution in [0.2, 0.25) is 0 Å². The van der Waals surface area contributed by atoms with E-state index in [4.69, 9.17) is 9.84 Å². The van der Waals surface area contributed by atoms with Crippen molar-refractivity contribution in [3.63, 3.8) is 0 Å². The number of aromatic hydroxyl groups is 1. The minimum absolute atomic E-state index is 0.0230. The summed E-state index contributed by atoms with van der Waals surface area (Å²) in [6, 6.07) is 13.7. The number of anilines is 1. The van der Waals surface area contributed by atoms with Gasteiger partial charge in [-0.1, -0.05) is 35.9 Å². The SMILES string of the molecule is COc1ccc(C2C3=CCC4C(=O)N(CCCC(=O)O)C(=O)C4C3CC3C(=O)N(c4ccccc4)C(=O)C32C)cc1O. The number of aliphatic carboxylic acids is 1. The van der Waals surface area contributed by atoms with E-state index in [9.17, 15) is 29.1 Å². The number of rotatable bonds is 7. The highest BCUT2D eigenvalue weighted by Crippen LogP contribution is 2.63. The number of hydrogen-bond donors (Lipinski definition) is 2. The van der Waals surface area contributed by atoms with Gasteiger partial charge in [0.05, 0.1) is 36.0 Å². The van der Waals surface area contributed by atoms with Crippen LogP contribution in [-0.4, -0.2) is 58.4 Å². The van der Waals surface area contributed by atoms with Crippen LogP contribution >= 0.6 is 0 Å². The highest BCUT2D eigenvalue weighted by molar-refractivity contribution is 6.24. The Morgan fingerprint density at radius 2 is 1.76 bits per heavy atom. The Hall–Kier alpha value is -4.47. The number of carboxylic acids is 1. The predicted octanol–water partition coefficient (Wildman–Crippen LogP) is 3.50. The van der Waals surface area contributed by atoms with Crippen LogP contribution in [-0.2, 0) is 24.0 Å². The van der Waals surface area contributed by atoms with Gasteiger partial charge in [0.25, 0.3) is 0 Å². The lowest BCUT2D eigenvalue weighted by Gasteiger charge is -2.49. The average Bonchev–Trinajstić information content (AvgIpc) is 3.33. The summed E-state index contributed by atoms with van der Waals surface area (Å²) in [5.74, 6) is -5.46. The number of allylic oxidation sites excluding steroid dienone is 2. The van der Waals surface area contributed by atoms with E-state index in [-0.39, 0.29) is 60.9 Å². The van der Waals surface area contributed by atoms with Crippen LogP contribution in [0.5, 0.6) is 11.5 Å². The Balaban J connectivity index is 1.45. The van der Waals surface area contributed by atoms with Crippen molar-refractivity contribution in [3.05, 3.63) is 65.7 Å². The number of carbonyl (C=O) groups is 5. The number of phenols is 1. The molecule has 42 heavy (non-hydrogen) atoms. The highest BCUT2D eigenvalue weighted by atomic mass is 16.5. The average molecular weight is 573 g/mol. The number of hydrogen-bond acceptors (Lipinski definition) is 7. The number of para-hydroxylation sites is 1. The lowest BCUT2D eigenvalue weighted by molar-refractivity contribution is -0.142. The van der Waals surface area contributed by atoms with Gasteiger partial charge in [0, 0.05) is 18.9 Å². The van der Waals surface area contributed by atoms with Crippen molar-refractivity contribution >= 4 is 35.3 Å². The van der Waals surface area contributed by atoms with Crippen molar-refractivity contribution in [1.82, 2.24) is 4.90 Å². The molecule has 6 rings (SSSR count). The topological polar surface area (TPSA) is 142 Å². The van der Waals surface area contributed by atoms with Gasteiger partial charge in [-0.15, -0.1) is 0 Å². The molecule has 0 aromatic heterocycles. The number of carbonyl (C=O) groups excluding carboxylic acids is 4. The second kappa shape index (κ2) is 10.1. The van der Waals surface area contributed by atoms with Crippen molar-refractivity contribution in [2.45, 2.75) is 38.5 Å². The maximum Gasteiger partial charge on any atom is 0.303 e. The van der Waals surface area contributed by atoms with E-state index in [1.165, 1.54) is 16.9 Å². The van der Waals surface area contributed by atoms with Gasteiger partial charge in [-0.25, -0.2) is 4.90 Å². The summed E-state index contributed by atoms with van der Waals surface area (Å²) in [5, 5.41) is 19.8. The van der Waals surface area contributed by atoms with Gasteiger partial charge in [0.15, 0.2) is 11.5 Å². The first-order chi connectivity index (χ1) is 20.1. The zero-order chi connectivity index (χ0) is 29.9. The van der Waals surface area contributed by atoms with E-state index < -0.39 is 41.0 Å². The molecule has 0 radical (unpaired) electrons. The molecule has 6 atom stereocenters. The second-order valence-electron chi connectivity index (χ2n) is 11.8. The Morgan fingerprint density at radius 1 is 1.02 bits per heavy atom. The molecule has 218 valence electrons. The minimum atomic E-state index is -1.21. The molecular weight excluding hydrogens is 540 g/mol. The Labute approximate surface area is 242 Å². The van der Waals surface area contributed by atoms with Gasteiger partial charge in [0.1, 0.15) is 0 Å². The molecule has 6 unspecified atom stereocenters. The van der Waals surface area contributed by atoms with E-state index in [1.54, 1.807) is 55.5 Å². The molecule has 2 saturated heterocycles. The maximum atomic E-state index is 14.3. The molecule has 0 bridgehead atoms. The number of carboxylic acid groups (broad SMARTS) is 1. The molecule has 10 heteroatoms. The fraction of sp³-hybridized carbons (Fsp3) is 0.406. The summed E-state index contributed by atoms with van der Waals surface area (Å²) in [7, 11) is 1.44. The maximum absolute atomic E-state index is 14.3. The third-order valence-electron chi connectivity index (χ3n) is 9.69. The zero-order valence-electron chi connectivity index (χ0n) is 23.4. The molecule has 4 aliphatic rings. The van der Waals surface area contributed by atoms with Crippen LogP contribution < -0.4 is 9.64 Å². The number of benzene rings is 2. The van der Waals surface area contributed by atoms with E-state index in [0.717, 1.165) is 5.57 Å². The van der Waals surface area contributed by atoms with Gasteiger partial charge in [-0.3, -0.25) is 28.9 Å². The summed E-state index contributed by atoms with van der Waals surface area (Å²) in [4.78, 5) is 69.0. The highest BCUT2D eigenvalue weighted by Gasteiger charge is 2.67. The molecule has 2 aromatic rings. The minimum Gasteiger partial charge on any atom is -0.504 e. The van der Waals surface area contributed by atoms with Gasteiger partial charge in [0.2, 0.25) is 23.6 Å². The number of nitrogens with zero attached hydrogens (tertiary/aromatic N) is 2. The molecular formula is C32H32N2O8. The van der Waals surface area contributed by atoms with Crippen molar-refractivity contribution in [1.29, 1.82) is 0 Å². The van der Waals surface area contributed by atoms with Crippen LogP contribution in [0.3, 0.4) is 0 Å². The number of amides is 4. The van der Waals surface area contributed by atoms with Crippen LogP contribution in [0.25, 0.3) is 0 Å². The summed E-state index contributed by atoms with van der Waals surface area (Å²) in [6.07, 6.45) is 2.45. The van der Waals surface area contributed by atoms with Crippen LogP contribution in [0.4, 0.5) is 5.69 Å². The smallest absolute Gasteiger partial charge is 0.303 e. The van der Waals surface area contributed by atoms with E-state index >= 15 is 0 Å². The molecule has 2 aromatic carbocycles. The molecule has 0 spiro atoms. The standard InChI is InChI=1S/C32H32N2O8/c1-32-22(29(39)34(31(32)41)18-7-4-3-5-8-18)16-21-19(27(32)17-10-13-24(42-2)23(35)15-17)11-12-20-26(21)30(40)33(28(20)38)14-6-9-25(36)37/h3-5,7-8,10-11,13,15,20-22,26-27,35H,6,9,12,14,16H2,1-2H3,(H,36,37). The summed E-state index contributed by atoms with van der Waals surface area (Å²) in [5.41, 5.74) is 0.673. The number of likely N-dealkylation sites (tertiary alicyclic amines) is 1. The molecule has 2 N–H and O–H groups in total. The summed E-state index contributed by atoms with van der Waals surface area (Å²) in [6.45, 7) is 1.81. The van der Waals surface area contributed by atoms with Gasteiger partial charge in [-0.2, -0.15) is 0 Å². The van der Waals surface area contributed by atoms with Crippen molar-refractivity contribution in [3.8, 4) is 11.5 Å². The normalized spacial score (nSPS) is 30.1. The van der Waals surface area contributed by atoms with Crippen molar-refractivity contribution in [2.24, 2.45) is 29.1 Å². The van der Waals surface area contributed by atoms with Crippen LogP contribution in [0.1, 0.15) is 44.1 Å². The van der Waals surface area contributed by atoms with E-state index in [0.29, 0.717) is 17.7 Å². The molecule has 3 fully saturated rings. The first kappa shape index (κ1) is 27.7. The third-order valence-corrected chi connectivity index (χ3v) is 9.69. The Morgan fingerprint density at radius 3 is 2.43 bits per heavy atom. The quantitative estimate of drug-likeness (QED) is 0.379. The number of methoxy groups -OCH3 is 1. The zero-order valence-corrected chi connectivity index (χ0v) is 23.4.